The number of carbonyl (C=O) groups is 1. The maximum absolute atomic E-state index is 11.8. The number of ketones is 1. The molecule has 0 fully saturated rings. The molecule has 1 aromatic carbocycles. The maximum Gasteiger partial charge on any atom is 0.227 e. The van der Waals surface area contributed by atoms with Crippen LogP contribution in [0.25, 0.3) is 0 Å². The molecule has 0 saturated carbocycles. The molecule has 9 heteroatoms. The normalized spacial score (nSPS) is 14.3. The minimum Gasteiger partial charge on any atom is -0.394 e. The lowest BCUT2D eigenvalue weighted by molar-refractivity contribution is 0.101. The van der Waals surface area contributed by atoms with Crippen LogP contribution in [0, 0.1) is 5.92 Å². The quantitative estimate of drug-likeness (QED) is 0.400. The number of hydrogen-bond donors (Lipinski definition) is 4. The van der Waals surface area contributed by atoms with Gasteiger partial charge in [0.1, 0.15) is 5.69 Å². The number of aliphatic hydroxyl groups excluding tert-OH is 1. The number of rotatable bonds is 10. The number of carbonyl (C=O) groups excluding carboxylic acids is 1. The Morgan fingerprint density at radius 2 is 1.79 bits per heavy atom. The van der Waals surface area contributed by atoms with E-state index in [-0.39, 0.29) is 36.4 Å². The van der Waals surface area contributed by atoms with Gasteiger partial charge in [-0.15, -0.1) is 5.53 Å². The topological polar surface area (TPSA) is 106 Å². The van der Waals surface area contributed by atoms with Crippen molar-refractivity contribution in [3.63, 3.8) is 0 Å². The van der Waals surface area contributed by atoms with Gasteiger partial charge in [-0.1, -0.05) is 32.0 Å². The number of hydrogen-bond acceptors (Lipinski definition) is 9. The smallest absolute Gasteiger partial charge is 0.227 e. The number of fused-ring (bicyclic) bond motifs is 1. The Kier molecular flexibility index (Phi) is 7.76. The summed E-state index contributed by atoms with van der Waals surface area (Å²) in [6.45, 7) is 14.6. The van der Waals surface area contributed by atoms with Gasteiger partial charge >= 0.3 is 0 Å². The van der Waals surface area contributed by atoms with Crippen molar-refractivity contribution in [1.29, 1.82) is 0 Å². The molecule has 0 spiro atoms. The Balaban J connectivity index is 2.01. The summed E-state index contributed by atoms with van der Waals surface area (Å²) >= 11 is 0. The Morgan fingerprint density at radius 3 is 2.36 bits per heavy atom. The molecule has 180 valence electrons. The first-order valence-corrected chi connectivity index (χ1v) is 11.6. The lowest BCUT2D eigenvalue weighted by Gasteiger charge is -2.27. The summed E-state index contributed by atoms with van der Waals surface area (Å²) < 4.78 is 0. The van der Waals surface area contributed by atoms with Crippen LogP contribution in [0.3, 0.4) is 0 Å². The molecular formula is C24H37N7O2. The number of nitrogens with zero attached hydrogens (tertiary/aromatic N) is 4. The largest absolute Gasteiger partial charge is 0.394 e. The SMILES string of the molecule is CC(=O)c1cccc(CNc2nc(N[C@@H](CO)C(C)C)nc3c2N(C(C)C)NN3C(C)C)c1. The van der Waals surface area contributed by atoms with Crippen molar-refractivity contribution in [2.24, 2.45) is 5.92 Å². The van der Waals surface area contributed by atoms with Gasteiger partial charge in [0.2, 0.25) is 5.95 Å². The average Bonchev–Trinajstić information content (AvgIpc) is 3.16. The zero-order chi connectivity index (χ0) is 24.3. The van der Waals surface area contributed by atoms with Gasteiger partial charge in [0.15, 0.2) is 17.4 Å². The summed E-state index contributed by atoms with van der Waals surface area (Å²) in [6.07, 6.45) is 0. The number of benzene rings is 1. The van der Waals surface area contributed by atoms with Crippen LogP contribution in [-0.2, 0) is 6.54 Å². The minimum atomic E-state index is -0.161. The second-order valence-electron chi connectivity index (χ2n) is 9.38. The summed E-state index contributed by atoms with van der Waals surface area (Å²) in [5.41, 5.74) is 5.98. The molecule has 0 bridgehead atoms. The van der Waals surface area contributed by atoms with E-state index in [2.05, 4.69) is 48.9 Å². The summed E-state index contributed by atoms with van der Waals surface area (Å²) in [6, 6.07) is 7.76. The van der Waals surface area contributed by atoms with Crippen molar-refractivity contribution < 1.29 is 9.90 Å². The summed E-state index contributed by atoms with van der Waals surface area (Å²) in [5, 5.41) is 20.6. The van der Waals surface area contributed by atoms with Gasteiger partial charge in [0.05, 0.1) is 12.6 Å². The van der Waals surface area contributed by atoms with E-state index in [1.54, 1.807) is 6.92 Å². The Bertz CT molecular complexity index is 977. The Hall–Kier alpha value is -2.91. The highest BCUT2D eigenvalue weighted by Gasteiger charge is 2.35. The number of nitrogens with one attached hydrogen (secondary N) is 3. The number of aliphatic hydroxyl groups is 1. The molecule has 0 saturated heterocycles. The molecule has 33 heavy (non-hydrogen) atoms. The number of aromatic nitrogens is 2. The molecule has 1 aliphatic heterocycles. The summed E-state index contributed by atoms with van der Waals surface area (Å²) in [7, 11) is 0. The standard InChI is InChI=1S/C24H37N7O2/c1-14(2)20(13-32)26-24-27-22(25-12-18-9-8-10-19(11-18)17(7)33)21-23(28-24)31(16(5)6)29-30(21)15(3)4/h8-11,14-16,20,29,32H,12-13H2,1-7H3,(H2,25,26,27,28)/t20-/m0/s1. The molecule has 1 atom stereocenters. The molecule has 0 amide bonds. The van der Waals surface area contributed by atoms with Crippen molar-refractivity contribution in [2.45, 2.75) is 73.1 Å². The lowest BCUT2D eigenvalue weighted by atomic mass is 10.1. The van der Waals surface area contributed by atoms with Crippen LogP contribution < -0.4 is 26.2 Å². The van der Waals surface area contributed by atoms with Gasteiger partial charge in [-0.25, -0.2) is 0 Å². The average molecular weight is 456 g/mol. The molecule has 9 nitrogen and oxygen atoms in total. The molecule has 2 heterocycles. The first kappa shape index (κ1) is 24.7. The molecule has 2 aromatic rings. The van der Waals surface area contributed by atoms with Crippen LogP contribution in [-0.4, -0.2) is 45.6 Å². The van der Waals surface area contributed by atoms with Gasteiger partial charge in [0.25, 0.3) is 0 Å². The third-order valence-corrected chi connectivity index (χ3v) is 5.69. The molecule has 4 N–H and O–H groups in total. The van der Waals surface area contributed by atoms with Crippen LogP contribution in [0.5, 0.6) is 0 Å². The monoisotopic (exact) mass is 455 g/mol. The van der Waals surface area contributed by atoms with E-state index in [4.69, 9.17) is 9.97 Å². The third-order valence-electron chi connectivity index (χ3n) is 5.69. The van der Waals surface area contributed by atoms with Crippen molar-refractivity contribution in [1.82, 2.24) is 15.5 Å². The van der Waals surface area contributed by atoms with Crippen molar-refractivity contribution >= 4 is 29.1 Å². The van der Waals surface area contributed by atoms with E-state index in [1.807, 2.05) is 43.1 Å². The highest BCUT2D eigenvalue weighted by atomic mass is 16.3. The van der Waals surface area contributed by atoms with Gasteiger partial charge in [-0.3, -0.25) is 14.8 Å². The molecule has 0 radical (unpaired) electrons. The maximum atomic E-state index is 11.8. The van der Waals surface area contributed by atoms with Gasteiger partial charge < -0.3 is 15.7 Å². The fraction of sp³-hybridized carbons (Fsp3) is 0.542. The predicted molar refractivity (Wildman–Crippen MR) is 134 cm³/mol. The highest BCUT2D eigenvalue weighted by Crippen LogP contribution is 2.40. The fourth-order valence-electron chi connectivity index (χ4n) is 3.64. The summed E-state index contributed by atoms with van der Waals surface area (Å²) in [4.78, 5) is 21.4. The van der Waals surface area contributed by atoms with E-state index in [1.165, 1.54) is 0 Å². The third kappa shape index (κ3) is 5.54. The number of hydrazine groups is 2. The zero-order valence-electron chi connectivity index (χ0n) is 20.7. The second-order valence-corrected chi connectivity index (χ2v) is 9.38. The number of Topliss-reactive ketones (excluding diaryl/α,β-unsaturated/α-hetero) is 1. The van der Waals surface area contributed by atoms with Crippen LogP contribution in [0.1, 0.15) is 64.4 Å². The predicted octanol–water partition coefficient (Wildman–Crippen LogP) is 3.58. The first-order valence-electron chi connectivity index (χ1n) is 11.6. The molecule has 1 aliphatic rings. The van der Waals surface area contributed by atoms with Gasteiger partial charge in [-0.05, 0) is 52.2 Å². The van der Waals surface area contributed by atoms with Crippen LogP contribution in [0.2, 0.25) is 0 Å². The summed E-state index contributed by atoms with van der Waals surface area (Å²) in [5.74, 6) is 2.17. The van der Waals surface area contributed by atoms with E-state index < -0.39 is 0 Å². The zero-order valence-corrected chi connectivity index (χ0v) is 20.7. The van der Waals surface area contributed by atoms with Gasteiger partial charge in [0, 0.05) is 24.2 Å². The lowest BCUT2D eigenvalue weighted by Crippen LogP contribution is -2.50. The van der Waals surface area contributed by atoms with Gasteiger partial charge in [-0.2, -0.15) is 9.97 Å². The first-order chi connectivity index (χ1) is 15.6. The van der Waals surface area contributed by atoms with E-state index in [9.17, 15) is 9.90 Å². The van der Waals surface area contributed by atoms with E-state index >= 15 is 0 Å². The van der Waals surface area contributed by atoms with Crippen LogP contribution in [0.15, 0.2) is 24.3 Å². The van der Waals surface area contributed by atoms with E-state index in [0.717, 1.165) is 17.1 Å². The fourth-order valence-corrected chi connectivity index (χ4v) is 3.64. The molecule has 0 unspecified atom stereocenters. The molecular weight excluding hydrogens is 418 g/mol. The van der Waals surface area contributed by atoms with Crippen LogP contribution >= 0.6 is 0 Å². The Morgan fingerprint density at radius 1 is 1.09 bits per heavy atom. The molecule has 1 aromatic heterocycles. The minimum absolute atomic E-state index is 0.0109. The number of anilines is 4. The molecule has 0 aliphatic carbocycles. The highest BCUT2D eigenvalue weighted by molar-refractivity contribution is 5.94. The van der Waals surface area contributed by atoms with Crippen molar-refractivity contribution in [3.05, 3.63) is 35.4 Å². The van der Waals surface area contributed by atoms with Crippen molar-refractivity contribution in [3.8, 4) is 0 Å². The molecule has 3 rings (SSSR count). The second kappa shape index (κ2) is 10.4. The van der Waals surface area contributed by atoms with Crippen molar-refractivity contribution in [2.75, 3.05) is 27.3 Å². The Labute approximate surface area is 196 Å². The van der Waals surface area contributed by atoms with Crippen LogP contribution in [0.4, 0.5) is 23.3 Å². The van der Waals surface area contributed by atoms with E-state index in [0.29, 0.717) is 23.9 Å².